The third-order valence-electron chi connectivity index (χ3n) is 5.36. The smallest absolute Gasteiger partial charge is 0.345 e. The number of carbonyl (C=O) groups is 2. The monoisotopic (exact) mass is 390 g/mol. The Kier molecular flexibility index (Phi) is 4.43. The average molecular weight is 390 g/mol. The van der Waals surface area contributed by atoms with Crippen molar-refractivity contribution < 1.29 is 19.4 Å². The van der Waals surface area contributed by atoms with Gasteiger partial charge in [0.25, 0.3) is 0 Å². The summed E-state index contributed by atoms with van der Waals surface area (Å²) in [5.41, 5.74) is 7.18. The molecule has 0 unspecified atom stereocenters. The Morgan fingerprint density at radius 3 is 2.74 bits per heavy atom. The Balaban J connectivity index is 1.47. The largest absolute Gasteiger partial charge is 0.477 e. The predicted molar refractivity (Wildman–Crippen MR) is 99.8 cm³/mol. The second-order valence-electron chi connectivity index (χ2n) is 7.09. The average Bonchev–Trinajstić information content (AvgIpc) is 3.20. The fourth-order valence-corrected chi connectivity index (χ4v) is 5.04. The van der Waals surface area contributed by atoms with Gasteiger partial charge < -0.3 is 20.5 Å². The van der Waals surface area contributed by atoms with Crippen molar-refractivity contribution >= 4 is 29.0 Å². The number of aromatic nitrogens is 2. The van der Waals surface area contributed by atoms with Crippen molar-refractivity contribution in [3.63, 3.8) is 0 Å². The predicted octanol–water partition coefficient (Wildman–Crippen LogP) is 1.62. The number of amides is 1. The van der Waals surface area contributed by atoms with Gasteiger partial charge >= 0.3 is 5.97 Å². The van der Waals surface area contributed by atoms with E-state index in [1.807, 2.05) is 11.8 Å². The molecule has 1 spiro atoms. The summed E-state index contributed by atoms with van der Waals surface area (Å²) in [6, 6.07) is 3.50. The van der Waals surface area contributed by atoms with Crippen molar-refractivity contribution in [1.82, 2.24) is 14.7 Å². The molecule has 3 N–H and O–H groups in total. The number of ether oxygens (including phenoxy) is 1. The highest BCUT2D eigenvalue weighted by Gasteiger charge is 2.43. The van der Waals surface area contributed by atoms with Gasteiger partial charge in [0.2, 0.25) is 5.91 Å². The molecule has 0 saturated carbocycles. The molecule has 27 heavy (non-hydrogen) atoms. The van der Waals surface area contributed by atoms with E-state index in [0.29, 0.717) is 43.2 Å². The van der Waals surface area contributed by atoms with Gasteiger partial charge in [-0.3, -0.25) is 4.79 Å². The van der Waals surface area contributed by atoms with Gasteiger partial charge in [-0.25, -0.2) is 9.48 Å². The van der Waals surface area contributed by atoms with Crippen LogP contribution in [-0.2, 0) is 28.1 Å². The summed E-state index contributed by atoms with van der Waals surface area (Å²) in [5.74, 6) is -0.439. The van der Waals surface area contributed by atoms with Crippen LogP contribution in [-0.4, -0.2) is 51.4 Å². The first kappa shape index (κ1) is 18.0. The van der Waals surface area contributed by atoms with Crippen LogP contribution in [0.5, 0.6) is 0 Å². The highest BCUT2D eigenvalue weighted by Crippen LogP contribution is 2.44. The lowest BCUT2D eigenvalue weighted by atomic mass is 9.82. The summed E-state index contributed by atoms with van der Waals surface area (Å²) in [6.45, 7) is 3.68. The van der Waals surface area contributed by atoms with E-state index < -0.39 is 11.6 Å². The van der Waals surface area contributed by atoms with Gasteiger partial charge in [0, 0.05) is 30.5 Å². The Hall–Kier alpha value is -2.39. The molecule has 144 valence electrons. The lowest BCUT2D eigenvalue weighted by Crippen LogP contribution is -2.48. The number of carbonyl (C=O) groups excluding carboxylic acids is 1. The van der Waals surface area contributed by atoms with Crippen LogP contribution in [0.4, 0.5) is 5.82 Å². The minimum atomic E-state index is -0.899. The number of aryl methyl sites for hydroxylation is 1. The maximum atomic E-state index is 12.6. The van der Waals surface area contributed by atoms with Crippen molar-refractivity contribution in [2.75, 3.05) is 25.4 Å². The van der Waals surface area contributed by atoms with Gasteiger partial charge in [0.1, 0.15) is 17.2 Å². The number of hydrogen-bond acceptors (Lipinski definition) is 6. The van der Waals surface area contributed by atoms with Crippen LogP contribution in [0.1, 0.15) is 38.6 Å². The van der Waals surface area contributed by atoms with Crippen molar-refractivity contribution in [3.05, 3.63) is 33.1 Å². The van der Waals surface area contributed by atoms with Crippen LogP contribution in [0.3, 0.4) is 0 Å². The van der Waals surface area contributed by atoms with Gasteiger partial charge in [-0.1, -0.05) is 0 Å². The number of aromatic carboxylic acids is 1. The SMILES string of the molecule is Cc1cc(N)n(CC(=O)N2CCC3(CC2)OCCc2sc(C(=O)O)cc23)n1. The number of nitrogens with zero attached hydrogens (tertiary/aromatic N) is 3. The third kappa shape index (κ3) is 3.21. The van der Waals surface area contributed by atoms with Gasteiger partial charge in [0.15, 0.2) is 0 Å². The Morgan fingerprint density at radius 2 is 2.11 bits per heavy atom. The molecule has 2 aromatic heterocycles. The molecule has 2 aliphatic rings. The third-order valence-corrected chi connectivity index (χ3v) is 6.54. The summed E-state index contributed by atoms with van der Waals surface area (Å²) >= 11 is 1.34. The molecule has 1 amide bonds. The number of thiophene rings is 1. The second-order valence-corrected chi connectivity index (χ2v) is 8.23. The number of likely N-dealkylation sites (tertiary alicyclic amines) is 1. The van der Waals surface area contributed by atoms with Crippen LogP contribution in [0.25, 0.3) is 0 Å². The molecule has 8 nitrogen and oxygen atoms in total. The summed E-state index contributed by atoms with van der Waals surface area (Å²) in [7, 11) is 0. The topological polar surface area (TPSA) is 111 Å². The summed E-state index contributed by atoms with van der Waals surface area (Å²) in [6.07, 6.45) is 2.07. The number of carboxylic acid groups (broad SMARTS) is 1. The highest BCUT2D eigenvalue weighted by molar-refractivity contribution is 7.14. The lowest BCUT2D eigenvalue weighted by Gasteiger charge is -2.44. The first-order valence-corrected chi connectivity index (χ1v) is 9.78. The molecule has 4 heterocycles. The van der Waals surface area contributed by atoms with Crippen molar-refractivity contribution in [2.45, 2.75) is 38.3 Å². The van der Waals surface area contributed by atoms with Gasteiger partial charge in [0.05, 0.1) is 17.9 Å². The molecule has 9 heteroatoms. The first-order valence-electron chi connectivity index (χ1n) is 8.96. The number of piperidine rings is 1. The van der Waals surface area contributed by atoms with Crippen LogP contribution in [0.15, 0.2) is 12.1 Å². The summed E-state index contributed by atoms with van der Waals surface area (Å²) < 4.78 is 7.66. The first-order chi connectivity index (χ1) is 12.9. The van der Waals surface area contributed by atoms with E-state index >= 15 is 0 Å². The van der Waals surface area contributed by atoms with E-state index in [1.54, 1.807) is 12.1 Å². The standard InChI is InChI=1S/C18H22N4O4S/c1-11-8-15(19)22(20-11)10-16(23)21-5-3-18(4-6-21)12-9-14(17(24)25)27-13(12)2-7-26-18/h8-9H,2-7,10,19H2,1H3,(H,24,25). The number of nitrogen functional groups attached to an aromatic ring is 1. The van der Waals surface area contributed by atoms with E-state index in [-0.39, 0.29) is 12.5 Å². The highest BCUT2D eigenvalue weighted by atomic mass is 32.1. The number of fused-ring (bicyclic) bond motifs is 2. The molecule has 0 atom stereocenters. The number of anilines is 1. The Morgan fingerprint density at radius 1 is 1.37 bits per heavy atom. The summed E-state index contributed by atoms with van der Waals surface area (Å²) in [5, 5.41) is 13.5. The molecule has 4 rings (SSSR count). The molecule has 0 radical (unpaired) electrons. The van der Waals surface area contributed by atoms with Gasteiger partial charge in [-0.05, 0) is 31.4 Å². The van der Waals surface area contributed by atoms with Crippen LogP contribution >= 0.6 is 11.3 Å². The zero-order chi connectivity index (χ0) is 19.2. The molecular formula is C18H22N4O4S. The molecule has 0 bridgehead atoms. The van der Waals surface area contributed by atoms with E-state index in [2.05, 4.69) is 5.10 Å². The fourth-order valence-electron chi connectivity index (χ4n) is 3.97. The maximum Gasteiger partial charge on any atom is 0.345 e. The Labute approximate surface area is 160 Å². The molecule has 0 aliphatic carbocycles. The maximum absolute atomic E-state index is 12.6. The van der Waals surface area contributed by atoms with Crippen molar-refractivity contribution in [2.24, 2.45) is 0 Å². The van der Waals surface area contributed by atoms with Crippen LogP contribution in [0.2, 0.25) is 0 Å². The van der Waals surface area contributed by atoms with Crippen LogP contribution < -0.4 is 5.73 Å². The minimum Gasteiger partial charge on any atom is -0.477 e. The van der Waals surface area contributed by atoms with Crippen LogP contribution in [0, 0.1) is 6.92 Å². The van der Waals surface area contributed by atoms with E-state index in [4.69, 9.17) is 10.5 Å². The van der Waals surface area contributed by atoms with E-state index in [0.717, 1.165) is 22.6 Å². The quantitative estimate of drug-likeness (QED) is 0.824. The van der Waals surface area contributed by atoms with Gasteiger partial charge in [-0.2, -0.15) is 5.10 Å². The van der Waals surface area contributed by atoms with E-state index in [9.17, 15) is 14.7 Å². The molecule has 2 aromatic rings. The van der Waals surface area contributed by atoms with Crippen molar-refractivity contribution in [3.8, 4) is 0 Å². The van der Waals surface area contributed by atoms with Gasteiger partial charge in [-0.15, -0.1) is 11.3 Å². The van der Waals surface area contributed by atoms with Crippen molar-refractivity contribution in [1.29, 1.82) is 0 Å². The molecule has 1 fully saturated rings. The fraction of sp³-hybridized carbons (Fsp3) is 0.500. The molecule has 2 aliphatic heterocycles. The zero-order valence-electron chi connectivity index (χ0n) is 15.1. The molecular weight excluding hydrogens is 368 g/mol. The lowest BCUT2D eigenvalue weighted by molar-refractivity contribution is -0.141. The number of carboxylic acids is 1. The molecule has 0 aromatic carbocycles. The number of hydrogen-bond donors (Lipinski definition) is 2. The number of rotatable bonds is 3. The second kappa shape index (κ2) is 6.65. The normalized spacial score (nSPS) is 18.5. The Bertz CT molecular complexity index is 895. The summed E-state index contributed by atoms with van der Waals surface area (Å²) in [4.78, 5) is 27.2. The number of nitrogens with two attached hydrogens (primary N) is 1. The minimum absolute atomic E-state index is 0.0211. The zero-order valence-corrected chi connectivity index (χ0v) is 15.9. The molecule has 1 saturated heterocycles. The van der Waals surface area contributed by atoms with E-state index in [1.165, 1.54) is 16.0 Å².